The molecule has 10 nitrogen and oxygen atoms in total. The highest BCUT2D eigenvalue weighted by Crippen LogP contribution is 2.45. The van der Waals surface area contributed by atoms with E-state index < -0.39 is 11.7 Å². The average Bonchev–Trinajstić information content (AvgIpc) is 3.85. The van der Waals surface area contributed by atoms with Crippen molar-refractivity contribution in [2.45, 2.75) is 71.8 Å². The van der Waals surface area contributed by atoms with Gasteiger partial charge in [0.05, 0.1) is 30.6 Å². The van der Waals surface area contributed by atoms with Crippen LogP contribution in [0.2, 0.25) is 0 Å². The molecule has 3 aliphatic rings. The normalized spacial score (nSPS) is 18.3. The quantitative estimate of drug-likeness (QED) is 0.378. The summed E-state index contributed by atoms with van der Waals surface area (Å²) >= 11 is 0. The molecular formula is C35H46N4O6. The first-order valence-electron chi connectivity index (χ1n) is 15.9. The SMILES string of the molecule is CC(=O)N1c2ccc(C3=CCN(C(=O)COCCNC(=O)OC(C)(C)C)CC3)cc2N(Cc2ccccc2CO)C[C@@H]1C1CC1. The molecule has 10 heteroatoms. The van der Waals surface area contributed by atoms with Crippen LogP contribution in [0.3, 0.4) is 0 Å². The number of fused-ring (bicyclic) bond motifs is 1. The van der Waals surface area contributed by atoms with Crippen LogP contribution in [0.5, 0.6) is 0 Å². The summed E-state index contributed by atoms with van der Waals surface area (Å²) in [6, 6.07) is 14.4. The Kier molecular flexibility index (Phi) is 10.1. The summed E-state index contributed by atoms with van der Waals surface area (Å²) in [6.45, 7) is 9.92. The summed E-state index contributed by atoms with van der Waals surface area (Å²) in [5, 5.41) is 12.6. The van der Waals surface area contributed by atoms with Crippen LogP contribution >= 0.6 is 0 Å². The van der Waals surface area contributed by atoms with Gasteiger partial charge >= 0.3 is 6.09 Å². The second-order valence-corrected chi connectivity index (χ2v) is 13.1. The molecule has 2 N–H and O–H groups in total. The molecule has 0 saturated heterocycles. The Labute approximate surface area is 266 Å². The maximum atomic E-state index is 12.9. The van der Waals surface area contributed by atoms with Crippen LogP contribution in [0.1, 0.15) is 63.6 Å². The first-order valence-corrected chi connectivity index (χ1v) is 15.9. The van der Waals surface area contributed by atoms with E-state index in [-0.39, 0.29) is 44.2 Å². The molecule has 5 rings (SSSR count). The zero-order chi connectivity index (χ0) is 32.1. The van der Waals surface area contributed by atoms with Gasteiger partial charge < -0.3 is 34.6 Å². The minimum Gasteiger partial charge on any atom is -0.444 e. The van der Waals surface area contributed by atoms with Crippen LogP contribution in [0.25, 0.3) is 5.57 Å². The Morgan fingerprint density at radius 1 is 1.04 bits per heavy atom. The largest absolute Gasteiger partial charge is 0.444 e. The maximum absolute atomic E-state index is 12.9. The lowest BCUT2D eigenvalue weighted by Gasteiger charge is -2.44. The Morgan fingerprint density at radius 2 is 1.80 bits per heavy atom. The van der Waals surface area contributed by atoms with Crippen molar-refractivity contribution in [2.24, 2.45) is 5.92 Å². The number of amides is 3. The molecule has 2 heterocycles. The average molecular weight is 619 g/mol. The zero-order valence-corrected chi connectivity index (χ0v) is 26.9. The van der Waals surface area contributed by atoms with Gasteiger partial charge in [0.15, 0.2) is 0 Å². The molecule has 2 aliphatic heterocycles. The highest BCUT2D eigenvalue weighted by atomic mass is 16.6. The molecule has 3 amide bonds. The van der Waals surface area contributed by atoms with E-state index in [2.05, 4.69) is 40.6 Å². The fraction of sp³-hybridized carbons (Fsp3) is 0.514. The number of nitrogens with zero attached hydrogens (tertiary/aromatic N) is 3. The van der Waals surface area contributed by atoms with Crippen LogP contribution in [-0.2, 0) is 32.2 Å². The fourth-order valence-electron chi connectivity index (χ4n) is 6.18. The van der Waals surface area contributed by atoms with Gasteiger partial charge in [0, 0.05) is 39.6 Å². The standard InChI is InChI=1S/C35H46N4O6/c1-24(41)39-30-12-11-27(19-31(30)38(21-32(39)26-9-10-26)20-28-7-5-6-8-29(28)22-40)25-13-16-37(17-14-25)33(42)23-44-18-15-36-34(43)45-35(2,3)4/h5-8,11-13,19,26,32,40H,9-10,14-18,20-23H2,1-4H3,(H,36,43)/t32-/m1/s1. The number of ether oxygens (including phenoxy) is 2. The van der Waals surface area contributed by atoms with Crippen molar-refractivity contribution in [2.75, 3.05) is 49.2 Å². The molecule has 1 fully saturated rings. The summed E-state index contributed by atoms with van der Waals surface area (Å²) < 4.78 is 10.7. The van der Waals surface area contributed by atoms with Crippen molar-refractivity contribution < 1.29 is 29.0 Å². The number of aliphatic hydroxyl groups excluding tert-OH is 1. The molecule has 0 unspecified atom stereocenters. The summed E-state index contributed by atoms with van der Waals surface area (Å²) in [6.07, 6.45) is 4.57. The Balaban J connectivity index is 1.25. The van der Waals surface area contributed by atoms with Crippen LogP contribution in [0, 0.1) is 5.92 Å². The van der Waals surface area contributed by atoms with Crippen LogP contribution < -0.4 is 15.1 Å². The Bertz CT molecular complexity index is 1430. The van der Waals surface area contributed by atoms with E-state index in [0.717, 1.165) is 47.5 Å². The van der Waals surface area contributed by atoms with E-state index in [1.165, 1.54) is 5.57 Å². The number of carbonyl (C=O) groups is 3. The Hall–Kier alpha value is -3.89. The molecule has 1 saturated carbocycles. The number of hydrogen-bond donors (Lipinski definition) is 2. The minimum absolute atomic E-state index is 0.0152. The number of nitrogens with one attached hydrogen (secondary N) is 1. The highest BCUT2D eigenvalue weighted by molar-refractivity contribution is 5.98. The molecule has 1 aliphatic carbocycles. The van der Waals surface area contributed by atoms with Gasteiger partial charge in [0.2, 0.25) is 11.8 Å². The molecule has 0 bridgehead atoms. The third-order valence-electron chi connectivity index (χ3n) is 8.54. The predicted molar refractivity (Wildman–Crippen MR) is 174 cm³/mol. The molecule has 0 spiro atoms. The van der Waals surface area contributed by atoms with Crippen molar-refractivity contribution in [1.82, 2.24) is 10.2 Å². The van der Waals surface area contributed by atoms with Crippen LogP contribution in [0.15, 0.2) is 48.5 Å². The molecule has 2 aromatic carbocycles. The molecule has 45 heavy (non-hydrogen) atoms. The molecular weight excluding hydrogens is 572 g/mol. The number of rotatable bonds is 10. The van der Waals surface area contributed by atoms with Crippen LogP contribution in [-0.4, -0.2) is 78.9 Å². The lowest BCUT2D eigenvalue weighted by molar-refractivity contribution is -0.135. The van der Waals surface area contributed by atoms with Gasteiger partial charge in [-0.1, -0.05) is 36.4 Å². The van der Waals surface area contributed by atoms with Gasteiger partial charge in [-0.05, 0) is 80.3 Å². The van der Waals surface area contributed by atoms with Crippen LogP contribution in [0.4, 0.5) is 16.2 Å². The number of aliphatic hydroxyl groups is 1. The first-order chi connectivity index (χ1) is 21.5. The van der Waals surface area contributed by atoms with Crippen molar-refractivity contribution in [1.29, 1.82) is 0 Å². The predicted octanol–water partition coefficient (Wildman–Crippen LogP) is 4.49. The van der Waals surface area contributed by atoms with Gasteiger partial charge in [-0.3, -0.25) is 9.59 Å². The van der Waals surface area contributed by atoms with Crippen molar-refractivity contribution in [3.05, 3.63) is 65.2 Å². The monoisotopic (exact) mass is 618 g/mol. The van der Waals surface area contributed by atoms with Crippen molar-refractivity contribution in [3.63, 3.8) is 0 Å². The van der Waals surface area contributed by atoms with E-state index in [9.17, 15) is 19.5 Å². The fourth-order valence-corrected chi connectivity index (χ4v) is 6.18. The lowest BCUT2D eigenvalue weighted by atomic mass is 9.95. The number of anilines is 2. The molecule has 2 aromatic rings. The zero-order valence-electron chi connectivity index (χ0n) is 26.9. The van der Waals surface area contributed by atoms with E-state index in [0.29, 0.717) is 32.0 Å². The van der Waals surface area contributed by atoms with Gasteiger partial charge in [0.1, 0.15) is 12.2 Å². The maximum Gasteiger partial charge on any atom is 0.407 e. The molecule has 1 atom stereocenters. The van der Waals surface area contributed by atoms with Crippen molar-refractivity contribution in [3.8, 4) is 0 Å². The van der Waals surface area contributed by atoms with Gasteiger partial charge in [-0.25, -0.2) is 4.79 Å². The van der Waals surface area contributed by atoms with E-state index in [1.807, 2.05) is 23.1 Å². The molecule has 242 valence electrons. The second kappa shape index (κ2) is 14.0. The second-order valence-electron chi connectivity index (χ2n) is 13.1. The summed E-state index contributed by atoms with van der Waals surface area (Å²) in [7, 11) is 0. The third-order valence-corrected chi connectivity index (χ3v) is 8.54. The topological polar surface area (TPSA) is 112 Å². The first kappa shape index (κ1) is 32.5. The third kappa shape index (κ3) is 8.23. The summed E-state index contributed by atoms with van der Waals surface area (Å²) in [4.78, 5) is 43.6. The molecule has 0 radical (unpaired) electrons. The number of carbonyl (C=O) groups excluding carboxylic acids is 3. The lowest BCUT2D eigenvalue weighted by Crippen LogP contribution is -2.52. The van der Waals surface area contributed by atoms with Gasteiger partial charge in [0.25, 0.3) is 0 Å². The molecule has 0 aromatic heterocycles. The summed E-state index contributed by atoms with van der Waals surface area (Å²) in [5.41, 5.74) is 5.62. The van der Waals surface area contributed by atoms with E-state index in [4.69, 9.17) is 9.47 Å². The number of benzene rings is 2. The highest BCUT2D eigenvalue weighted by Gasteiger charge is 2.42. The number of alkyl carbamates (subject to hydrolysis) is 1. The number of hydrogen-bond acceptors (Lipinski definition) is 7. The van der Waals surface area contributed by atoms with Gasteiger partial charge in [-0.15, -0.1) is 0 Å². The smallest absolute Gasteiger partial charge is 0.407 e. The van der Waals surface area contributed by atoms with Crippen molar-refractivity contribution >= 4 is 34.9 Å². The summed E-state index contributed by atoms with van der Waals surface area (Å²) in [5.74, 6) is 0.474. The van der Waals surface area contributed by atoms with E-state index in [1.54, 1.807) is 32.6 Å². The minimum atomic E-state index is -0.569. The Morgan fingerprint density at radius 3 is 2.44 bits per heavy atom. The van der Waals surface area contributed by atoms with E-state index >= 15 is 0 Å². The van der Waals surface area contributed by atoms with Gasteiger partial charge in [-0.2, -0.15) is 0 Å².